The quantitative estimate of drug-likeness (QED) is 0.570. The summed E-state index contributed by atoms with van der Waals surface area (Å²) in [6, 6.07) is 12.0. The number of carbonyl (C=O) groups excluding carboxylic acids is 2. The van der Waals surface area contributed by atoms with Crippen molar-refractivity contribution >= 4 is 38.6 Å². The number of methoxy groups -OCH3 is 1. The summed E-state index contributed by atoms with van der Waals surface area (Å²) in [6.45, 7) is 1.19. The van der Waals surface area contributed by atoms with Gasteiger partial charge < -0.3 is 14.6 Å². The van der Waals surface area contributed by atoms with E-state index in [1.165, 1.54) is 13.2 Å². The van der Waals surface area contributed by atoms with Crippen molar-refractivity contribution in [3.05, 3.63) is 64.8 Å². The number of aromatic nitrogens is 1. The number of amides is 1. The van der Waals surface area contributed by atoms with Gasteiger partial charge in [0.1, 0.15) is 5.84 Å². The van der Waals surface area contributed by atoms with Gasteiger partial charge in [0.05, 0.1) is 24.1 Å². The van der Waals surface area contributed by atoms with E-state index < -0.39 is 16.0 Å². The van der Waals surface area contributed by atoms with Gasteiger partial charge in [0.2, 0.25) is 5.91 Å². The Balaban J connectivity index is 1.30. The van der Waals surface area contributed by atoms with Gasteiger partial charge >= 0.3 is 5.97 Å². The summed E-state index contributed by atoms with van der Waals surface area (Å²) in [5.74, 6) is -0.192. The van der Waals surface area contributed by atoms with Crippen LogP contribution in [0.1, 0.15) is 33.6 Å². The summed E-state index contributed by atoms with van der Waals surface area (Å²) in [4.78, 5) is 34.5. The van der Waals surface area contributed by atoms with Gasteiger partial charge in [-0.2, -0.15) is 0 Å². The molecule has 0 unspecified atom stereocenters. The first-order valence-corrected chi connectivity index (χ1v) is 12.0. The van der Waals surface area contributed by atoms with Crippen molar-refractivity contribution in [2.45, 2.75) is 24.3 Å². The topological polar surface area (TPSA) is 121 Å². The number of amidine groups is 1. The number of sulfonamides is 1. The van der Waals surface area contributed by atoms with Crippen LogP contribution in [0.4, 0.5) is 0 Å². The number of ether oxygens (including phenoxy) is 1. The number of rotatable bonds is 4. The number of hydrogen-bond acceptors (Lipinski definition) is 6. The van der Waals surface area contributed by atoms with Crippen LogP contribution in [-0.2, 0) is 32.5 Å². The molecule has 0 radical (unpaired) electrons. The molecule has 0 aliphatic carbocycles. The van der Waals surface area contributed by atoms with Crippen LogP contribution in [0.2, 0.25) is 0 Å². The van der Waals surface area contributed by atoms with E-state index in [2.05, 4.69) is 14.7 Å². The highest BCUT2D eigenvalue weighted by atomic mass is 32.2. The van der Waals surface area contributed by atoms with E-state index in [1.807, 2.05) is 6.07 Å². The average molecular weight is 467 g/mol. The van der Waals surface area contributed by atoms with Crippen LogP contribution in [0.5, 0.6) is 0 Å². The lowest BCUT2D eigenvalue weighted by Gasteiger charge is -2.27. The first kappa shape index (κ1) is 21.2. The summed E-state index contributed by atoms with van der Waals surface area (Å²) < 4.78 is 31.7. The standard InChI is InChI=1S/C23H22N4O5S/c1-32-23(29)14-6-7-18-16(12-14)17-13-27(11-9-19(17)25-18)21(28)8-10-24-22-15-4-2-3-5-20(15)33(30,31)26-22/h2-7,12,25H,8-11,13H2,1H3,(H,24,26). The third-order valence-electron chi connectivity index (χ3n) is 6.01. The molecular formula is C23H22N4O5S. The van der Waals surface area contributed by atoms with Gasteiger partial charge in [0.15, 0.2) is 0 Å². The summed E-state index contributed by atoms with van der Waals surface area (Å²) in [5.41, 5.74) is 3.96. The summed E-state index contributed by atoms with van der Waals surface area (Å²) in [6.07, 6.45) is 0.851. The van der Waals surface area contributed by atoms with E-state index >= 15 is 0 Å². The lowest BCUT2D eigenvalue weighted by atomic mass is 10.0. The number of aliphatic imine (C=N–C) groups is 1. The number of fused-ring (bicyclic) bond motifs is 4. The van der Waals surface area contributed by atoms with Crippen LogP contribution < -0.4 is 4.72 Å². The normalized spacial score (nSPS) is 17.5. The number of benzene rings is 2. The number of hydrogen-bond donors (Lipinski definition) is 2. The van der Waals surface area contributed by atoms with E-state index in [4.69, 9.17) is 4.74 Å². The molecule has 0 atom stereocenters. The molecule has 0 saturated heterocycles. The van der Waals surface area contributed by atoms with E-state index in [0.29, 0.717) is 30.6 Å². The largest absolute Gasteiger partial charge is 0.465 e. The van der Waals surface area contributed by atoms with Gasteiger partial charge in [-0.25, -0.2) is 13.2 Å². The SMILES string of the molecule is COC(=O)c1ccc2[nH]c3c(c2c1)CN(C(=O)CCN=C1NS(=O)(=O)c2ccccc21)CC3. The van der Waals surface area contributed by atoms with Crippen molar-refractivity contribution in [1.82, 2.24) is 14.6 Å². The third kappa shape index (κ3) is 3.76. The molecular weight excluding hydrogens is 444 g/mol. The van der Waals surface area contributed by atoms with Gasteiger partial charge in [-0.1, -0.05) is 12.1 Å². The number of carbonyl (C=O) groups is 2. The molecule has 170 valence electrons. The first-order valence-electron chi connectivity index (χ1n) is 10.5. The van der Waals surface area contributed by atoms with E-state index in [-0.39, 0.29) is 29.6 Å². The van der Waals surface area contributed by atoms with Crippen molar-refractivity contribution in [2.75, 3.05) is 20.2 Å². The first-order chi connectivity index (χ1) is 15.9. The number of H-pyrrole nitrogens is 1. The molecule has 2 N–H and O–H groups in total. The Hall–Kier alpha value is -3.66. The minimum Gasteiger partial charge on any atom is -0.465 e. The monoisotopic (exact) mass is 466 g/mol. The van der Waals surface area contributed by atoms with Crippen LogP contribution in [0.15, 0.2) is 52.4 Å². The maximum absolute atomic E-state index is 12.9. The molecule has 3 heterocycles. The lowest BCUT2D eigenvalue weighted by molar-refractivity contribution is -0.131. The lowest BCUT2D eigenvalue weighted by Crippen LogP contribution is -2.36. The molecule has 0 spiro atoms. The zero-order valence-corrected chi connectivity index (χ0v) is 18.7. The van der Waals surface area contributed by atoms with Crippen molar-refractivity contribution in [1.29, 1.82) is 0 Å². The van der Waals surface area contributed by atoms with Crippen molar-refractivity contribution in [2.24, 2.45) is 4.99 Å². The van der Waals surface area contributed by atoms with E-state index in [0.717, 1.165) is 22.2 Å². The summed E-state index contributed by atoms with van der Waals surface area (Å²) in [7, 11) is -2.25. The van der Waals surface area contributed by atoms with Gasteiger partial charge in [-0.05, 0) is 30.3 Å². The molecule has 2 aromatic carbocycles. The molecule has 2 aliphatic heterocycles. The predicted octanol–water partition coefficient (Wildman–Crippen LogP) is 1.97. The summed E-state index contributed by atoms with van der Waals surface area (Å²) in [5, 5.41) is 0.905. The highest BCUT2D eigenvalue weighted by Gasteiger charge is 2.30. The maximum atomic E-state index is 12.9. The van der Waals surface area contributed by atoms with E-state index in [9.17, 15) is 18.0 Å². The smallest absolute Gasteiger partial charge is 0.337 e. The van der Waals surface area contributed by atoms with Crippen molar-refractivity contribution in [3.8, 4) is 0 Å². The minimum atomic E-state index is -3.60. The fourth-order valence-electron chi connectivity index (χ4n) is 4.34. The number of nitrogens with zero attached hydrogens (tertiary/aromatic N) is 2. The van der Waals surface area contributed by atoms with Crippen LogP contribution in [0, 0.1) is 0 Å². The number of nitrogens with one attached hydrogen (secondary N) is 2. The van der Waals surface area contributed by atoms with Gasteiger partial charge in [0.25, 0.3) is 10.0 Å². The van der Waals surface area contributed by atoms with E-state index in [1.54, 1.807) is 35.2 Å². The Morgan fingerprint density at radius 3 is 2.82 bits per heavy atom. The molecule has 1 aromatic heterocycles. The van der Waals surface area contributed by atoms with Gasteiger partial charge in [-0.3, -0.25) is 14.5 Å². The average Bonchev–Trinajstić information content (AvgIpc) is 3.32. The van der Waals surface area contributed by atoms with Crippen molar-refractivity contribution < 1.29 is 22.7 Å². The zero-order chi connectivity index (χ0) is 23.2. The van der Waals surface area contributed by atoms with Crippen LogP contribution in [0.3, 0.4) is 0 Å². The Morgan fingerprint density at radius 2 is 2.00 bits per heavy atom. The van der Waals surface area contributed by atoms with Gasteiger partial charge in [-0.15, -0.1) is 0 Å². The highest BCUT2D eigenvalue weighted by Crippen LogP contribution is 2.29. The number of aromatic amines is 1. The number of esters is 1. The predicted molar refractivity (Wildman–Crippen MR) is 122 cm³/mol. The molecule has 5 rings (SSSR count). The Labute approximate surface area is 190 Å². The molecule has 33 heavy (non-hydrogen) atoms. The third-order valence-corrected chi connectivity index (χ3v) is 7.40. The van der Waals surface area contributed by atoms with Crippen LogP contribution in [-0.4, -0.2) is 56.2 Å². The molecule has 0 fully saturated rings. The highest BCUT2D eigenvalue weighted by molar-refractivity contribution is 7.90. The van der Waals surface area contributed by atoms with Crippen LogP contribution in [0.25, 0.3) is 10.9 Å². The molecule has 2 aliphatic rings. The summed E-state index contributed by atoms with van der Waals surface area (Å²) >= 11 is 0. The Kier molecular flexibility index (Phi) is 5.16. The molecule has 0 saturated carbocycles. The molecule has 10 heteroatoms. The van der Waals surface area contributed by atoms with Crippen molar-refractivity contribution in [3.63, 3.8) is 0 Å². The Bertz CT molecular complexity index is 1420. The Morgan fingerprint density at radius 1 is 1.18 bits per heavy atom. The minimum absolute atomic E-state index is 0.0578. The fourth-order valence-corrected chi connectivity index (χ4v) is 5.60. The zero-order valence-electron chi connectivity index (χ0n) is 17.9. The second-order valence-electron chi connectivity index (χ2n) is 7.98. The molecule has 9 nitrogen and oxygen atoms in total. The molecule has 0 bridgehead atoms. The molecule has 1 amide bonds. The van der Waals surface area contributed by atoms with Gasteiger partial charge in [0, 0.05) is 53.7 Å². The second kappa shape index (κ2) is 8.04. The molecule has 3 aromatic rings. The second-order valence-corrected chi connectivity index (χ2v) is 9.63. The van der Waals surface area contributed by atoms with Crippen LogP contribution >= 0.6 is 0 Å². The maximum Gasteiger partial charge on any atom is 0.337 e. The fraction of sp³-hybridized carbons (Fsp3) is 0.261.